The number of nitrogens with zero attached hydrogens (tertiary/aromatic N) is 1. The van der Waals surface area contributed by atoms with Gasteiger partial charge >= 0.3 is 0 Å². The van der Waals surface area contributed by atoms with Crippen molar-refractivity contribution in [1.82, 2.24) is 5.06 Å². The van der Waals surface area contributed by atoms with Crippen molar-refractivity contribution in [2.45, 2.75) is 117 Å². The maximum atomic E-state index is 12.8. The van der Waals surface area contributed by atoms with E-state index in [9.17, 15) is 9.90 Å². The maximum Gasteiger partial charge on any atom is 0.246 e. The van der Waals surface area contributed by atoms with Crippen molar-refractivity contribution < 1.29 is 14.7 Å². The van der Waals surface area contributed by atoms with Crippen LogP contribution in [0.4, 0.5) is 0 Å². The lowest BCUT2D eigenvalue weighted by Gasteiger charge is -2.58. The van der Waals surface area contributed by atoms with Gasteiger partial charge in [0.2, 0.25) is 5.91 Å². The predicted molar refractivity (Wildman–Crippen MR) is 131 cm³/mol. The lowest BCUT2D eigenvalue weighted by Crippen LogP contribution is -2.50. The minimum atomic E-state index is -0.118. The molecule has 1 N–H and O–H groups in total. The molecule has 9 atom stereocenters. The van der Waals surface area contributed by atoms with Gasteiger partial charge in [-0.05, 0) is 118 Å². The van der Waals surface area contributed by atoms with Gasteiger partial charge in [0, 0.05) is 13.0 Å². The first-order valence-electron chi connectivity index (χ1n) is 14.1. The molecule has 0 bridgehead atoms. The molecule has 1 heterocycles. The quantitative estimate of drug-likeness (QED) is 0.505. The van der Waals surface area contributed by atoms with Gasteiger partial charge in [-0.25, -0.2) is 5.06 Å². The predicted octanol–water partition coefficient (Wildman–Crippen LogP) is 6.29. The van der Waals surface area contributed by atoms with E-state index in [0.29, 0.717) is 23.2 Å². The molecule has 4 aliphatic carbocycles. The van der Waals surface area contributed by atoms with E-state index in [2.05, 4.69) is 33.8 Å². The van der Waals surface area contributed by atoms with Crippen LogP contribution >= 0.6 is 0 Å². The summed E-state index contributed by atoms with van der Waals surface area (Å²) >= 11 is 0. The SMILES string of the molecule is CC1CCCN(C(=O)CCC(C)[C@H]2CC[C@H]3[C@@H]4CC=C5C[C@@H](O)CC[C@]5(C)[C@H]4CC[C@]23C)O1. The Labute approximate surface area is 201 Å². The van der Waals surface area contributed by atoms with Crippen LogP contribution in [-0.2, 0) is 9.63 Å². The highest BCUT2D eigenvalue weighted by molar-refractivity contribution is 5.75. The normalized spacial score (nSPS) is 46.1. The molecule has 0 spiro atoms. The van der Waals surface area contributed by atoms with Crippen molar-refractivity contribution in [3.8, 4) is 0 Å². The first-order valence-corrected chi connectivity index (χ1v) is 14.1. The Hall–Kier alpha value is -0.870. The van der Waals surface area contributed by atoms with E-state index in [1.165, 1.54) is 38.5 Å². The Bertz CT molecular complexity index is 779. The summed E-state index contributed by atoms with van der Waals surface area (Å²) in [4.78, 5) is 18.6. The van der Waals surface area contributed by atoms with Crippen LogP contribution < -0.4 is 0 Å². The minimum absolute atomic E-state index is 0.118. The Morgan fingerprint density at radius 3 is 2.79 bits per heavy atom. The molecule has 5 aliphatic rings. The summed E-state index contributed by atoms with van der Waals surface area (Å²) in [6, 6.07) is 0. The highest BCUT2D eigenvalue weighted by Crippen LogP contribution is 2.67. The van der Waals surface area contributed by atoms with Crippen molar-refractivity contribution >= 4 is 5.91 Å². The summed E-state index contributed by atoms with van der Waals surface area (Å²) < 4.78 is 0. The van der Waals surface area contributed by atoms with E-state index in [1.54, 1.807) is 10.6 Å². The Balaban J connectivity index is 1.24. The molecular weight excluding hydrogens is 410 g/mol. The van der Waals surface area contributed by atoms with Gasteiger partial charge in [0.25, 0.3) is 0 Å². The molecule has 4 heteroatoms. The molecule has 0 radical (unpaired) electrons. The first kappa shape index (κ1) is 23.9. The van der Waals surface area contributed by atoms with Crippen LogP contribution in [0.15, 0.2) is 11.6 Å². The molecular formula is C29H47NO3. The third kappa shape index (κ3) is 4.11. The van der Waals surface area contributed by atoms with E-state index >= 15 is 0 Å². The summed E-state index contributed by atoms with van der Waals surface area (Å²) in [5.74, 6) is 3.97. The zero-order valence-corrected chi connectivity index (χ0v) is 21.5. The number of amides is 1. The Kier molecular flexibility index (Phi) is 6.48. The second kappa shape index (κ2) is 8.97. The van der Waals surface area contributed by atoms with Crippen LogP contribution in [-0.4, -0.2) is 34.8 Å². The molecule has 1 saturated heterocycles. The average Bonchev–Trinajstić information content (AvgIpc) is 3.15. The van der Waals surface area contributed by atoms with Crippen molar-refractivity contribution in [3.63, 3.8) is 0 Å². The number of aliphatic hydroxyl groups excluding tert-OH is 1. The molecule has 4 nitrogen and oxygen atoms in total. The van der Waals surface area contributed by atoms with E-state index in [0.717, 1.165) is 62.3 Å². The van der Waals surface area contributed by atoms with Gasteiger partial charge in [0.05, 0.1) is 12.2 Å². The molecule has 0 aromatic heterocycles. The van der Waals surface area contributed by atoms with E-state index in [-0.39, 0.29) is 18.1 Å². The van der Waals surface area contributed by atoms with Crippen molar-refractivity contribution in [2.75, 3.05) is 6.54 Å². The molecule has 2 unspecified atom stereocenters. The van der Waals surface area contributed by atoms with E-state index in [4.69, 9.17) is 4.84 Å². The van der Waals surface area contributed by atoms with Crippen LogP contribution in [0.5, 0.6) is 0 Å². The number of hydroxylamine groups is 2. The van der Waals surface area contributed by atoms with Gasteiger partial charge < -0.3 is 5.11 Å². The zero-order valence-electron chi connectivity index (χ0n) is 21.5. The summed E-state index contributed by atoms with van der Waals surface area (Å²) in [5, 5.41) is 11.9. The summed E-state index contributed by atoms with van der Waals surface area (Å²) in [5.41, 5.74) is 2.32. The van der Waals surface area contributed by atoms with E-state index in [1.807, 2.05) is 0 Å². The molecule has 186 valence electrons. The Morgan fingerprint density at radius 1 is 1.18 bits per heavy atom. The Morgan fingerprint density at radius 2 is 2.00 bits per heavy atom. The molecule has 1 aliphatic heterocycles. The van der Waals surface area contributed by atoms with Crippen molar-refractivity contribution in [1.29, 1.82) is 0 Å². The molecule has 0 aromatic rings. The average molecular weight is 458 g/mol. The molecule has 1 amide bonds. The summed E-state index contributed by atoms with van der Waals surface area (Å²) in [7, 11) is 0. The molecule has 4 fully saturated rings. The van der Waals surface area contributed by atoms with Gasteiger partial charge in [-0.3, -0.25) is 9.63 Å². The molecule has 5 rings (SSSR count). The number of hydrogen-bond donors (Lipinski definition) is 1. The fraction of sp³-hybridized carbons (Fsp3) is 0.897. The fourth-order valence-corrected chi connectivity index (χ4v) is 9.32. The van der Waals surface area contributed by atoms with Gasteiger partial charge in [0.1, 0.15) is 0 Å². The summed E-state index contributed by atoms with van der Waals surface area (Å²) in [6.07, 6.45) is 16.0. The molecule has 33 heavy (non-hydrogen) atoms. The second-order valence-electron chi connectivity index (χ2n) is 13.0. The van der Waals surface area contributed by atoms with Crippen LogP contribution in [0, 0.1) is 40.4 Å². The standard InChI is InChI=1S/C29H47NO3/c1-19(7-12-27(32)30-17-5-6-20(2)33-30)24-10-11-25-23-9-8-21-18-22(31)13-15-28(21,3)26(23)14-16-29(24,25)4/h8,19-20,22-26,31H,5-7,9-18H2,1-4H3/t19?,20?,22-,23-,24+,25-,26-,28-,29+/m0/s1. The summed E-state index contributed by atoms with van der Waals surface area (Å²) in [6.45, 7) is 10.4. The van der Waals surface area contributed by atoms with Crippen molar-refractivity contribution in [2.24, 2.45) is 40.4 Å². The van der Waals surface area contributed by atoms with Gasteiger partial charge in [-0.15, -0.1) is 0 Å². The topological polar surface area (TPSA) is 49.8 Å². The van der Waals surface area contributed by atoms with E-state index < -0.39 is 0 Å². The third-order valence-corrected chi connectivity index (χ3v) is 11.2. The number of carbonyl (C=O) groups is 1. The van der Waals surface area contributed by atoms with Crippen LogP contribution in [0.1, 0.15) is 105 Å². The smallest absolute Gasteiger partial charge is 0.246 e. The number of carbonyl (C=O) groups excluding carboxylic acids is 1. The number of allylic oxidation sites excluding steroid dienone is 1. The van der Waals surface area contributed by atoms with Crippen LogP contribution in [0.3, 0.4) is 0 Å². The van der Waals surface area contributed by atoms with Crippen molar-refractivity contribution in [3.05, 3.63) is 11.6 Å². The van der Waals surface area contributed by atoms with Gasteiger partial charge in [-0.1, -0.05) is 32.4 Å². The monoisotopic (exact) mass is 457 g/mol. The lowest BCUT2D eigenvalue weighted by molar-refractivity contribution is -0.218. The van der Waals surface area contributed by atoms with Crippen LogP contribution in [0.25, 0.3) is 0 Å². The number of hydrogen-bond acceptors (Lipinski definition) is 3. The van der Waals surface area contributed by atoms with Crippen LogP contribution in [0.2, 0.25) is 0 Å². The lowest BCUT2D eigenvalue weighted by atomic mass is 9.47. The zero-order chi connectivity index (χ0) is 23.4. The van der Waals surface area contributed by atoms with Gasteiger partial charge in [-0.2, -0.15) is 0 Å². The number of rotatable bonds is 4. The second-order valence-corrected chi connectivity index (χ2v) is 13.0. The largest absolute Gasteiger partial charge is 0.393 e. The number of fused-ring (bicyclic) bond motifs is 5. The maximum absolute atomic E-state index is 12.8. The number of aliphatic hydroxyl groups is 1. The molecule has 3 saturated carbocycles. The highest BCUT2D eigenvalue weighted by Gasteiger charge is 2.59. The first-order chi connectivity index (χ1) is 15.7. The highest BCUT2D eigenvalue weighted by atomic mass is 16.7. The fourth-order valence-electron chi connectivity index (χ4n) is 9.32. The van der Waals surface area contributed by atoms with Gasteiger partial charge in [0.15, 0.2) is 0 Å². The third-order valence-electron chi connectivity index (χ3n) is 11.2. The minimum Gasteiger partial charge on any atom is -0.393 e. The molecule has 0 aromatic carbocycles.